The number of rotatable bonds is 51. The molecule has 1 amide bonds. The molecule has 6 nitrogen and oxygen atoms in total. The number of esters is 1. The molecular weight excluding hydrogens is 779 g/mol. The third kappa shape index (κ3) is 49.4. The number of allylic oxidation sites excluding steroid dienone is 5. The van der Waals surface area contributed by atoms with Gasteiger partial charge in [0.1, 0.15) is 0 Å². The van der Waals surface area contributed by atoms with Gasteiger partial charge in [-0.1, -0.05) is 237 Å². The highest BCUT2D eigenvalue weighted by Gasteiger charge is 2.18. The van der Waals surface area contributed by atoms with Gasteiger partial charge in [-0.3, -0.25) is 9.59 Å². The Labute approximate surface area is 392 Å². The molecule has 0 fully saturated rings. The van der Waals surface area contributed by atoms with E-state index < -0.39 is 12.1 Å². The van der Waals surface area contributed by atoms with Crippen LogP contribution in [-0.2, 0) is 14.3 Å². The summed E-state index contributed by atoms with van der Waals surface area (Å²) in [5, 5.41) is 23.1. The molecule has 0 aliphatic rings. The summed E-state index contributed by atoms with van der Waals surface area (Å²) in [6.45, 7) is 4.85. The molecule has 370 valence electrons. The minimum Gasteiger partial charge on any atom is -0.466 e. The Morgan fingerprint density at radius 1 is 0.429 bits per heavy atom. The van der Waals surface area contributed by atoms with Crippen molar-refractivity contribution in [2.75, 3.05) is 13.2 Å². The normalized spacial score (nSPS) is 12.9. The van der Waals surface area contributed by atoms with Gasteiger partial charge in [0, 0.05) is 12.8 Å². The summed E-state index contributed by atoms with van der Waals surface area (Å²) >= 11 is 0. The van der Waals surface area contributed by atoms with Crippen LogP contribution >= 0.6 is 0 Å². The lowest BCUT2D eigenvalue weighted by molar-refractivity contribution is -0.143. The summed E-state index contributed by atoms with van der Waals surface area (Å²) in [6.07, 6.45) is 64.4. The first-order valence-corrected chi connectivity index (χ1v) is 27.8. The lowest BCUT2D eigenvalue weighted by Gasteiger charge is -2.20. The number of ether oxygens (including phenoxy) is 1. The first kappa shape index (κ1) is 61.1. The predicted molar refractivity (Wildman–Crippen MR) is 273 cm³/mol. The van der Waals surface area contributed by atoms with Crippen molar-refractivity contribution in [1.82, 2.24) is 5.32 Å². The second-order valence-corrected chi connectivity index (χ2v) is 18.9. The summed E-state index contributed by atoms with van der Waals surface area (Å²) in [5.74, 6) is -0.0935. The lowest BCUT2D eigenvalue weighted by Crippen LogP contribution is -2.45. The SMILES string of the molecule is CCCC/C=C\CCCCCCCC(=O)OCCCCCCCC/C=C\CCCCCCCCCC(=O)NC(CO)C(O)/C=C/CCCCCCCCCCCCCCCCCC. The molecule has 0 saturated carbocycles. The Morgan fingerprint density at radius 3 is 1.17 bits per heavy atom. The Balaban J connectivity index is 3.51. The van der Waals surface area contributed by atoms with Crippen LogP contribution in [0.2, 0.25) is 0 Å². The number of hydrogen-bond donors (Lipinski definition) is 3. The molecule has 0 aliphatic heterocycles. The molecule has 63 heavy (non-hydrogen) atoms. The molecule has 0 bridgehead atoms. The van der Waals surface area contributed by atoms with Crippen molar-refractivity contribution >= 4 is 11.9 Å². The van der Waals surface area contributed by atoms with Crippen molar-refractivity contribution in [3.8, 4) is 0 Å². The Morgan fingerprint density at radius 2 is 0.762 bits per heavy atom. The maximum absolute atomic E-state index is 12.5. The van der Waals surface area contributed by atoms with Crippen molar-refractivity contribution in [1.29, 1.82) is 0 Å². The average molecular weight is 886 g/mol. The number of carbonyl (C=O) groups is 2. The van der Waals surface area contributed by atoms with Crippen LogP contribution in [0, 0.1) is 0 Å². The molecule has 0 aromatic carbocycles. The fraction of sp³-hybridized carbons (Fsp3) is 0.860. The number of amides is 1. The van der Waals surface area contributed by atoms with Gasteiger partial charge in [-0.05, 0) is 77.0 Å². The van der Waals surface area contributed by atoms with Gasteiger partial charge in [-0.2, -0.15) is 0 Å². The van der Waals surface area contributed by atoms with E-state index in [2.05, 4.69) is 43.5 Å². The second kappa shape index (κ2) is 52.7. The molecule has 0 aromatic heterocycles. The average Bonchev–Trinajstić information content (AvgIpc) is 3.28. The maximum Gasteiger partial charge on any atom is 0.305 e. The summed E-state index contributed by atoms with van der Waals surface area (Å²) < 4.78 is 5.44. The summed E-state index contributed by atoms with van der Waals surface area (Å²) in [4.78, 5) is 24.4. The van der Waals surface area contributed by atoms with Gasteiger partial charge in [-0.15, -0.1) is 0 Å². The highest BCUT2D eigenvalue weighted by molar-refractivity contribution is 5.76. The van der Waals surface area contributed by atoms with Crippen LogP contribution in [0.25, 0.3) is 0 Å². The molecule has 0 aromatic rings. The number of aliphatic hydroxyl groups excluding tert-OH is 2. The number of aliphatic hydroxyl groups is 2. The highest BCUT2D eigenvalue weighted by atomic mass is 16.5. The summed E-state index contributed by atoms with van der Waals surface area (Å²) in [5.41, 5.74) is 0. The van der Waals surface area contributed by atoms with Crippen molar-refractivity contribution in [2.24, 2.45) is 0 Å². The van der Waals surface area contributed by atoms with Crippen LogP contribution in [0.5, 0.6) is 0 Å². The van der Waals surface area contributed by atoms with Crippen molar-refractivity contribution in [3.63, 3.8) is 0 Å². The third-order valence-electron chi connectivity index (χ3n) is 12.6. The van der Waals surface area contributed by atoms with E-state index in [1.807, 2.05) is 6.08 Å². The molecule has 0 spiro atoms. The monoisotopic (exact) mass is 886 g/mol. The van der Waals surface area contributed by atoms with Gasteiger partial charge in [-0.25, -0.2) is 0 Å². The zero-order chi connectivity index (χ0) is 45.8. The van der Waals surface area contributed by atoms with Crippen molar-refractivity contribution in [2.45, 2.75) is 302 Å². The number of carbonyl (C=O) groups excluding carboxylic acids is 2. The lowest BCUT2D eigenvalue weighted by atomic mass is 10.0. The van der Waals surface area contributed by atoms with E-state index >= 15 is 0 Å². The number of nitrogens with one attached hydrogen (secondary N) is 1. The predicted octanol–water partition coefficient (Wildman–Crippen LogP) is 16.9. The van der Waals surface area contributed by atoms with Gasteiger partial charge < -0.3 is 20.3 Å². The van der Waals surface area contributed by atoms with E-state index in [-0.39, 0.29) is 18.5 Å². The zero-order valence-electron chi connectivity index (χ0n) is 42.1. The molecule has 0 radical (unpaired) electrons. The van der Waals surface area contributed by atoms with Crippen LogP contribution < -0.4 is 5.32 Å². The fourth-order valence-corrected chi connectivity index (χ4v) is 8.31. The first-order chi connectivity index (χ1) is 31.0. The van der Waals surface area contributed by atoms with Gasteiger partial charge in [0.05, 0.1) is 25.4 Å². The van der Waals surface area contributed by atoms with Crippen molar-refractivity contribution in [3.05, 3.63) is 36.5 Å². The molecule has 2 unspecified atom stereocenters. The molecule has 0 rings (SSSR count). The fourth-order valence-electron chi connectivity index (χ4n) is 8.31. The van der Waals surface area contributed by atoms with Crippen LogP contribution in [0.4, 0.5) is 0 Å². The van der Waals surface area contributed by atoms with E-state index in [4.69, 9.17) is 4.74 Å². The molecule has 0 saturated heterocycles. The van der Waals surface area contributed by atoms with Gasteiger partial charge in [0.25, 0.3) is 0 Å². The quantitative estimate of drug-likeness (QED) is 0.0321. The molecule has 6 heteroatoms. The Kier molecular flexibility index (Phi) is 51.1. The Bertz CT molecular complexity index is 1020. The standard InChI is InChI=1S/C57H107NO5/c1-3-5-7-9-11-13-15-16-17-18-20-23-26-30-33-37-41-45-49-55(60)54(53-59)58-56(61)50-46-42-38-34-31-27-24-21-19-22-25-28-32-36-40-44-48-52-63-57(62)51-47-43-39-35-29-14-12-10-8-6-4-2/h10,12,19,22,45,49,54-55,59-60H,3-9,11,13-18,20-21,23-44,46-48,50-53H2,1-2H3,(H,58,61)/b12-10-,22-19-,49-45+. The maximum atomic E-state index is 12.5. The molecule has 2 atom stereocenters. The zero-order valence-corrected chi connectivity index (χ0v) is 42.1. The van der Waals surface area contributed by atoms with Gasteiger partial charge in [0.2, 0.25) is 5.91 Å². The largest absolute Gasteiger partial charge is 0.466 e. The second-order valence-electron chi connectivity index (χ2n) is 18.9. The van der Waals surface area contributed by atoms with Gasteiger partial charge >= 0.3 is 5.97 Å². The van der Waals surface area contributed by atoms with Crippen LogP contribution in [0.15, 0.2) is 36.5 Å². The van der Waals surface area contributed by atoms with E-state index in [9.17, 15) is 19.8 Å². The van der Waals surface area contributed by atoms with Crippen LogP contribution in [0.3, 0.4) is 0 Å². The van der Waals surface area contributed by atoms with Crippen LogP contribution in [-0.4, -0.2) is 47.4 Å². The van der Waals surface area contributed by atoms with Gasteiger partial charge in [0.15, 0.2) is 0 Å². The molecule has 0 aliphatic carbocycles. The molecule has 3 N–H and O–H groups in total. The van der Waals surface area contributed by atoms with E-state index in [1.54, 1.807) is 6.08 Å². The molecular formula is C57H107NO5. The van der Waals surface area contributed by atoms with E-state index in [1.165, 1.54) is 205 Å². The van der Waals surface area contributed by atoms with E-state index in [0.717, 1.165) is 57.8 Å². The topological polar surface area (TPSA) is 95.9 Å². The highest BCUT2D eigenvalue weighted by Crippen LogP contribution is 2.16. The minimum atomic E-state index is -0.853. The van der Waals surface area contributed by atoms with Crippen molar-refractivity contribution < 1.29 is 24.5 Å². The molecule has 0 heterocycles. The third-order valence-corrected chi connectivity index (χ3v) is 12.6. The Hall–Kier alpha value is -1.92. The van der Waals surface area contributed by atoms with E-state index in [0.29, 0.717) is 19.4 Å². The number of hydrogen-bond acceptors (Lipinski definition) is 5. The summed E-state index contributed by atoms with van der Waals surface area (Å²) in [7, 11) is 0. The minimum absolute atomic E-state index is 0.0142. The van der Waals surface area contributed by atoms with Crippen LogP contribution in [0.1, 0.15) is 290 Å². The first-order valence-electron chi connectivity index (χ1n) is 27.8. The number of unbranched alkanes of at least 4 members (excludes halogenated alkanes) is 36. The summed E-state index contributed by atoms with van der Waals surface area (Å²) in [6, 6.07) is -0.637. The smallest absolute Gasteiger partial charge is 0.305 e.